The van der Waals surface area contributed by atoms with Crippen LogP contribution in [0.4, 0.5) is 0 Å². The van der Waals surface area contributed by atoms with E-state index in [1.54, 1.807) is 23.9 Å². The normalized spacial score (nSPS) is 18.1. The Labute approximate surface area is 107 Å². The second kappa shape index (κ2) is 5.40. The summed E-state index contributed by atoms with van der Waals surface area (Å²) in [5, 5.41) is 0. The Morgan fingerprint density at radius 2 is 2.17 bits per heavy atom. The van der Waals surface area contributed by atoms with Gasteiger partial charge < -0.3 is 15.0 Å². The van der Waals surface area contributed by atoms with Gasteiger partial charge in [0, 0.05) is 44.7 Å². The molecule has 0 saturated carbocycles. The Morgan fingerprint density at radius 1 is 1.50 bits per heavy atom. The Morgan fingerprint density at radius 3 is 2.72 bits per heavy atom. The van der Waals surface area contributed by atoms with Gasteiger partial charge in [0.1, 0.15) is 0 Å². The van der Waals surface area contributed by atoms with E-state index in [9.17, 15) is 8.42 Å². The molecule has 1 aliphatic heterocycles. The summed E-state index contributed by atoms with van der Waals surface area (Å²) in [6.45, 7) is 1.54. The van der Waals surface area contributed by atoms with E-state index in [1.807, 2.05) is 0 Å². The minimum absolute atomic E-state index is 0.0368. The van der Waals surface area contributed by atoms with E-state index in [2.05, 4.69) is 4.72 Å². The molecule has 0 aliphatic carbocycles. The summed E-state index contributed by atoms with van der Waals surface area (Å²) in [5.41, 5.74) is 6.33. The van der Waals surface area contributed by atoms with Gasteiger partial charge in [0.15, 0.2) is 0 Å². The molecule has 6 nitrogen and oxygen atoms in total. The zero-order chi connectivity index (χ0) is 13.2. The van der Waals surface area contributed by atoms with Crippen molar-refractivity contribution in [1.82, 2.24) is 9.29 Å². The molecule has 1 saturated heterocycles. The van der Waals surface area contributed by atoms with Crippen LogP contribution in [0.2, 0.25) is 0 Å². The molecular weight excluding hydrogens is 254 g/mol. The van der Waals surface area contributed by atoms with E-state index in [-0.39, 0.29) is 10.9 Å². The van der Waals surface area contributed by atoms with Crippen molar-refractivity contribution in [3.8, 4) is 0 Å². The number of ether oxygens (including phenoxy) is 1. The van der Waals surface area contributed by atoms with Crippen molar-refractivity contribution >= 4 is 10.0 Å². The Bertz CT molecular complexity index is 504. The van der Waals surface area contributed by atoms with Crippen LogP contribution in [0.15, 0.2) is 17.2 Å². The molecule has 2 rings (SSSR count). The van der Waals surface area contributed by atoms with Crippen LogP contribution in [-0.2, 0) is 28.4 Å². The molecule has 1 aromatic heterocycles. The minimum atomic E-state index is -3.45. The molecule has 0 amide bonds. The van der Waals surface area contributed by atoms with Crippen LogP contribution in [0.1, 0.15) is 18.5 Å². The van der Waals surface area contributed by atoms with Gasteiger partial charge in [-0.2, -0.15) is 0 Å². The number of hydrogen-bond donors (Lipinski definition) is 2. The third kappa shape index (κ3) is 2.92. The number of nitrogens with one attached hydrogen (secondary N) is 1. The molecule has 0 aromatic carbocycles. The van der Waals surface area contributed by atoms with Gasteiger partial charge in [0.2, 0.25) is 10.0 Å². The van der Waals surface area contributed by atoms with Crippen molar-refractivity contribution in [3.63, 3.8) is 0 Å². The lowest BCUT2D eigenvalue weighted by molar-refractivity contribution is 0.0832. The molecule has 0 spiro atoms. The summed E-state index contributed by atoms with van der Waals surface area (Å²) in [5.74, 6) is 0. The quantitative estimate of drug-likeness (QED) is 0.805. The average Bonchev–Trinajstić information content (AvgIpc) is 2.72. The molecule has 0 unspecified atom stereocenters. The van der Waals surface area contributed by atoms with E-state index in [1.165, 1.54) is 0 Å². The molecule has 3 N–H and O–H groups in total. The molecule has 1 aromatic rings. The fourth-order valence-electron chi connectivity index (χ4n) is 2.03. The predicted octanol–water partition coefficient (Wildman–Crippen LogP) is -0.0589. The van der Waals surface area contributed by atoms with Crippen LogP contribution in [-0.4, -0.2) is 32.2 Å². The first-order valence-corrected chi connectivity index (χ1v) is 7.46. The van der Waals surface area contributed by atoms with Crippen LogP contribution in [0.3, 0.4) is 0 Å². The average molecular weight is 273 g/mol. The van der Waals surface area contributed by atoms with Gasteiger partial charge in [0.25, 0.3) is 0 Å². The molecule has 1 fully saturated rings. The van der Waals surface area contributed by atoms with Crippen molar-refractivity contribution in [2.24, 2.45) is 12.8 Å². The van der Waals surface area contributed by atoms with Gasteiger partial charge >= 0.3 is 0 Å². The minimum Gasteiger partial charge on any atom is -0.381 e. The van der Waals surface area contributed by atoms with Crippen LogP contribution in [0.5, 0.6) is 0 Å². The van der Waals surface area contributed by atoms with Crippen molar-refractivity contribution in [1.29, 1.82) is 0 Å². The predicted molar refractivity (Wildman–Crippen MR) is 67.5 cm³/mol. The lowest BCUT2D eigenvalue weighted by Crippen LogP contribution is -2.38. The van der Waals surface area contributed by atoms with E-state index >= 15 is 0 Å². The van der Waals surface area contributed by atoms with Crippen molar-refractivity contribution in [2.45, 2.75) is 30.3 Å². The third-order valence-corrected chi connectivity index (χ3v) is 4.63. The first-order valence-electron chi connectivity index (χ1n) is 5.98. The lowest BCUT2D eigenvalue weighted by atomic mass is 10.1. The molecule has 1 aliphatic rings. The number of rotatable bonds is 4. The van der Waals surface area contributed by atoms with Crippen molar-refractivity contribution in [3.05, 3.63) is 18.0 Å². The monoisotopic (exact) mass is 273 g/mol. The highest BCUT2D eigenvalue weighted by atomic mass is 32.2. The lowest BCUT2D eigenvalue weighted by Gasteiger charge is -2.22. The zero-order valence-corrected chi connectivity index (χ0v) is 11.2. The van der Waals surface area contributed by atoms with Gasteiger partial charge in [-0.1, -0.05) is 0 Å². The maximum Gasteiger partial charge on any atom is 0.242 e. The fourth-order valence-corrected chi connectivity index (χ4v) is 3.43. The SMILES string of the molecule is Cn1cc(S(=O)(=O)NC2CCOCC2)cc1CN. The molecule has 7 heteroatoms. The highest BCUT2D eigenvalue weighted by Crippen LogP contribution is 2.16. The van der Waals surface area contributed by atoms with Crippen LogP contribution in [0.25, 0.3) is 0 Å². The van der Waals surface area contributed by atoms with Crippen LogP contribution >= 0.6 is 0 Å². The Kier molecular flexibility index (Phi) is 4.06. The number of sulfonamides is 1. The number of nitrogens with two attached hydrogens (primary N) is 1. The summed E-state index contributed by atoms with van der Waals surface area (Å²) in [7, 11) is -1.67. The second-order valence-electron chi connectivity index (χ2n) is 4.49. The molecular formula is C11H19N3O3S. The summed E-state index contributed by atoms with van der Waals surface area (Å²) in [4.78, 5) is 0.275. The largest absolute Gasteiger partial charge is 0.381 e. The number of hydrogen-bond acceptors (Lipinski definition) is 4. The van der Waals surface area contributed by atoms with Gasteiger partial charge in [-0.15, -0.1) is 0 Å². The molecule has 0 radical (unpaired) electrons. The Hall–Kier alpha value is -0.890. The molecule has 2 heterocycles. The van der Waals surface area contributed by atoms with E-state index in [0.29, 0.717) is 19.8 Å². The molecule has 18 heavy (non-hydrogen) atoms. The second-order valence-corrected chi connectivity index (χ2v) is 6.20. The summed E-state index contributed by atoms with van der Waals surface area (Å²) >= 11 is 0. The first kappa shape index (κ1) is 13.5. The maximum atomic E-state index is 12.2. The smallest absolute Gasteiger partial charge is 0.242 e. The maximum absolute atomic E-state index is 12.2. The van der Waals surface area contributed by atoms with Gasteiger partial charge in [-0.3, -0.25) is 0 Å². The topological polar surface area (TPSA) is 86.3 Å². The van der Waals surface area contributed by atoms with E-state index in [0.717, 1.165) is 18.5 Å². The van der Waals surface area contributed by atoms with Crippen LogP contribution < -0.4 is 10.5 Å². The Balaban J connectivity index is 2.13. The number of aromatic nitrogens is 1. The standard InChI is InChI=1S/C11H19N3O3S/c1-14-8-11(6-10(14)7-12)18(15,16)13-9-2-4-17-5-3-9/h6,8-9,13H,2-5,7,12H2,1H3. The van der Waals surface area contributed by atoms with Crippen LogP contribution in [0, 0.1) is 0 Å². The molecule has 102 valence electrons. The summed E-state index contributed by atoms with van der Waals surface area (Å²) in [6.07, 6.45) is 3.02. The summed E-state index contributed by atoms with van der Waals surface area (Å²) in [6, 6.07) is 1.58. The molecule has 0 bridgehead atoms. The third-order valence-electron chi connectivity index (χ3n) is 3.15. The van der Waals surface area contributed by atoms with Gasteiger partial charge in [-0.25, -0.2) is 13.1 Å². The first-order chi connectivity index (χ1) is 8.53. The molecule has 0 atom stereocenters. The number of nitrogens with zero attached hydrogens (tertiary/aromatic N) is 1. The highest BCUT2D eigenvalue weighted by molar-refractivity contribution is 7.89. The number of aryl methyl sites for hydroxylation is 1. The van der Waals surface area contributed by atoms with Gasteiger partial charge in [0.05, 0.1) is 4.90 Å². The van der Waals surface area contributed by atoms with E-state index in [4.69, 9.17) is 10.5 Å². The van der Waals surface area contributed by atoms with Crippen molar-refractivity contribution in [2.75, 3.05) is 13.2 Å². The summed E-state index contributed by atoms with van der Waals surface area (Å²) < 4.78 is 34.0. The zero-order valence-electron chi connectivity index (χ0n) is 10.4. The highest BCUT2D eigenvalue weighted by Gasteiger charge is 2.23. The van der Waals surface area contributed by atoms with Gasteiger partial charge in [-0.05, 0) is 18.9 Å². The van der Waals surface area contributed by atoms with E-state index < -0.39 is 10.0 Å². The fraction of sp³-hybridized carbons (Fsp3) is 0.636. The van der Waals surface area contributed by atoms with Crippen molar-refractivity contribution < 1.29 is 13.2 Å².